The van der Waals surface area contributed by atoms with E-state index in [9.17, 15) is 8.78 Å². The quantitative estimate of drug-likeness (QED) is 0.681. The van der Waals surface area contributed by atoms with Gasteiger partial charge in [0.15, 0.2) is 5.96 Å². The standard InChI is InChI=1S/C13H17F2N3S/c14-11-2-1-3-12(15)10(11)4-5-17-13(16)18-6-8-19-9-7-18/h1-3H,4-9H2,(H2,16,17). The maximum atomic E-state index is 13.4. The first-order valence-electron chi connectivity index (χ1n) is 6.24. The van der Waals surface area contributed by atoms with Crippen molar-refractivity contribution >= 4 is 17.7 Å². The maximum Gasteiger partial charge on any atom is 0.191 e. The molecule has 0 bridgehead atoms. The van der Waals surface area contributed by atoms with E-state index in [1.807, 2.05) is 16.7 Å². The summed E-state index contributed by atoms with van der Waals surface area (Å²) in [6.45, 7) is 2.06. The Morgan fingerprint density at radius 3 is 2.53 bits per heavy atom. The molecule has 1 aromatic carbocycles. The van der Waals surface area contributed by atoms with E-state index in [2.05, 4.69) is 4.99 Å². The lowest BCUT2D eigenvalue weighted by Gasteiger charge is -2.27. The minimum absolute atomic E-state index is 0.0771. The van der Waals surface area contributed by atoms with Crippen LogP contribution in [0.25, 0.3) is 0 Å². The molecule has 0 spiro atoms. The van der Waals surface area contributed by atoms with Gasteiger partial charge in [-0.15, -0.1) is 0 Å². The van der Waals surface area contributed by atoms with Crippen molar-refractivity contribution in [1.29, 1.82) is 0 Å². The van der Waals surface area contributed by atoms with Gasteiger partial charge in [0.2, 0.25) is 0 Å². The third-order valence-corrected chi connectivity index (χ3v) is 3.97. The van der Waals surface area contributed by atoms with Gasteiger partial charge in [0.05, 0.1) is 0 Å². The Kier molecular flexibility index (Phi) is 5.01. The van der Waals surface area contributed by atoms with Gasteiger partial charge in [-0.05, 0) is 18.6 Å². The molecule has 0 amide bonds. The van der Waals surface area contributed by atoms with Gasteiger partial charge in [0.1, 0.15) is 11.6 Å². The zero-order chi connectivity index (χ0) is 13.7. The molecule has 1 aromatic rings. The second-order valence-electron chi connectivity index (χ2n) is 4.29. The number of rotatable bonds is 3. The number of nitrogens with zero attached hydrogens (tertiary/aromatic N) is 2. The lowest BCUT2D eigenvalue weighted by Crippen LogP contribution is -2.42. The summed E-state index contributed by atoms with van der Waals surface area (Å²) in [7, 11) is 0. The van der Waals surface area contributed by atoms with Crippen LogP contribution in [-0.4, -0.2) is 42.0 Å². The van der Waals surface area contributed by atoms with Gasteiger partial charge in [0.25, 0.3) is 0 Å². The first kappa shape index (κ1) is 14.1. The number of aliphatic imine (C=N–C) groups is 1. The molecule has 2 rings (SSSR count). The molecular formula is C13H17F2N3S. The molecule has 0 atom stereocenters. The van der Waals surface area contributed by atoms with Gasteiger partial charge >= 0.3 is 0 Å². The zero-order valence-electron chi connectivity index (χ0n) is 10.6. The average Bonchev–Trinajstić information content (AvgIpc) is 2.43. The summed E-state index contributed by atoms with van der Waals surface area (Å²) in [5, 5.41) is 0. The van der Waals surface area contributed by atoms with Crippen LogP contribution in [0.2, 0.25) is 0 Å². The van der Waals surface area contributed by atoms with Crippen LogP contribution >= 0.6 is 11.8 Å². The first-order chi connectivity index (χ1) is 9.18. The maximum absolute atomic E-state index is 13.4. The fourth-order valence-electron chi connectivity index (χ4n) is 1.95. The number of benzene rings is 1. The molecule has 0 aliphatic carbocycles. The highest BCUT2D eigenvalue weighted by Gasteiger charge is 2.12. The molecule has 0 aromatic heterocycles. The highest BCUT2D eigenvalue weighted by atomic mass is 32.2. The van der Waals surface area contributed by atoms with Crippen LogP contribution in [0.5, 0.6) is 0 Å². The third kappa shape index (κ3) is 3.83. The highest BCUT2D eigenvalue weighted by Crippen LogP contribution is 2.13. The van der Waals surface area contributed by atoms with E-state index >= 15 is 0 Å². The number of hydrogen-bond donors (Lipinski definition) is 1. The van der Waals surface area contributed by atoms with Crippen LogP contribution in [0.4, 0.5) is 8.78 Å². The fourth-order valence-corrected chi connectivity index (χ4v) is 2.85. The average molecular weight is 285 g/mol. The van der Waals surface area contributed by atoms with Crippen molar-refractivity contribution in [3.05, 3.63) is 35.4 Å². The molecular weight excluding hydrogens is 268 g/mol. The molecule has 1 fully saturated rings. The summed E-state index contributed by atoms with van der Waals surface area (Å²) in [6, 6.07) is 3.87. The molecule has 1 aliphatic rings. The minimum atomic E-state index is -0.525. The van der Waals surface area contributed by atoms with Gasteiger partial charge in [-0.2, -0.15) is 11.8 Å². The zero-order valence-corrected chi connectivity index (χ0v) is 11.4. The van der Waals surface area contributed by atoms with Crippen molar-refractivity contribution in [3.63, 3.8) is 0 Å². The van der Waals surface area contributed by atoms with E-state index in [0.717, 1.165) is 24.6 Å². The summed E-state index contributed by atoms with van der Waals surface area (Å²) in [6.07, 6.45) is 0.224. The normalized spacial score (nSPS) is 16.7. The van der Waals surface area contributed by atoms with E-state index in [-0.39, 0.29) is 12.0 Å². The minimum Gasteiger partial charge on any atom is -0.370 e. The van der Waals surface area contributed by atoms with Crippen molar-refractivity contribution in [2.24, 2.45) is 10.7 Å². The number of nitrogens with two attached hydrogens (primary N) is 1. The molecule has 1 saturated heterocycles. The largest absolute Gasteiger partial charge is 0.370 e. The number of guanidine groups is 1. The van der Waals surface area contributed by atoms with Gasteiger partial charge < -0.3 is 10.6 Å². The van der Waals surface area contributed by atoms with Gasteiger partial charge in [-0.3, -0.25) is 4.99 Å². The summed E-state index contributed by atoms with van der Waals surface area (Å²) in [4.78, 5) is 6.21. The Bertz CT molecular complexity index is 439. The SMILES string of the molecule is NC(=NCCc1c(F)cccc1F)N1CCSCC1. The Balaban J connectivity index is 1.91. The summed E-state index contributed by atoms with van der Waals surface area (Å²) >= 11 is 1.89. The van der Waals surface area contributed by atoms with E-state index in [4.69, 9.17) is 5.73 Å². The Labute approximate surface area is 115 Å². The Morgan fingerprint density at radius 2 is 1.89 bits per heavy atom. The predicted octanol–water partition coefficient (Wildman–Crippen LogP) is 1.87. The van der Waals surface area contributed by atoms with Crippen molar-refractivity contribution in [1.82, 2.24) is 4.90 Å². The monoisotopic (exact) mass is 285 g/mol. The van der Waals surface area contributed by atoms with E-state index < -0.39 is 11.6 Å². The Hall–Kier alpha value is -1.30. The predicted molar refractivity (Wildman–Crippen MR) is 75.4 cm³/mol. The van der Waals surface area contributed by atoms with E-state index in [1.165, 1.54) is 18.2 Å². The van der Waals surface area contributed by atoms with Crippen LogP contribution in [0.1, 0.15) is 5.56 Å². The lowest BCUT2D eigenvalue weighted by molar-refractivity contribution is 0.455. The molecule has 1 aliphatic heterocycles. The smallest absolute Gasteiger partial charge is 0.191 e. The molecule has 104 valence electrons. The van der Waals surface area contributed by atoms with Gasteiger partial charge in [-0.1, -0.05) is 6.07 Å². The highest BCUT2D eigenvalue weighted by molar-refractivity contribution is 7.99. The van der Waals surface area contributed by atoms with Crippen LogP contribution in [-0.2, 0) is 6.42 Å². The van der Waals surface area contributed by atoms with Crippen LogP contribution in [0.15, 0.2) is 23.2 Å². The second kappa shape index (κ2) is 6.75. The Morgan fingerprint density at radius 1 is 1.26 bits per heavy atom. The van der Waals surface area contributed by atoms with Crippen LogP contribution in [0.3, 0.4) is 0 Å². The third-order valence-electron chi connectivity index (χ3n) is 3.03. The fraction of sp³-hybridized carbons (Fsp3) is 0.462. The molecule has 6 heteroatoms. The molecule has 2 N–H and O–H groups in total. The first-order valence-corrected chi connectivity index (χ1v) is 7.39. The summed E-state index contributed by atoms with van der Waals surface area (Å²) in [5.74, 6) is 1.50. The molecule has 19 heavy (non-hydrogen) atoms. The molecule has 3 nitrogen and oxygen atoms in total. The molecule has 1 heterocycles. The molecule has 0 radical (unpaired) electrons. The second-order valence-corrected chi connectivity index (χ2v) is 5.51. The summed E-state index contributed by atoms with van der Waals surface area (Å²) < 4.78 is 26.8. The molecule has 0 unspecified atom stereocenters. The van der Waals surface area contributed by atoms with Crippen molar-refractivity contribution in [2.45, 2.75) is 6.42 Å². The van der Waals surface area contributed by atoms with Crippen molar-refractivity contribution < 1.29 is 8.78 Å². The lowest BCUT2D eigenvalue weighted by atomic mass is 10.1. The van der Waals surface area contributed by atoms with Crippen molar-refractivity contribution in [2.75, 3.05) is 31.1 Å². The van der Waals surface area contributed by atoms with Gasteiger partial charge in [-0.25, -0.2) is 8.78 Å². The number of hydrogen-bond acceptors (Lipinski definition) is 2. The van der Waals surface area contributed by atoms with Gasteiger partial charge in [0, 0.05) is 36.7 Å². The van der Waals surface area contributed by atoms with Crippen LogP contribution < -0.4 is 5.73 Å². The van der Waals surface area contributed by atoms with Crippen LogP contribution in [0, 0.1) is 11.6 Å². The van der Waals surface area contributed by atoms with E-state index in [1.54, 1.807) is 0 Å². The van der Waals surface area contributed by atoms with E-state index in [0.29, 0.717) is 12.5 Å². The topological polar surface area (TPSA) is 41.6 Å². The number of halogens is 2. The molecule has 0 saturated carbocycles. The number of thioether (sulfide) groups is 1. The summed E-state index contributed by atoms with van der Waals surface area (Å²) in [5.41, 5.74) is 5.94. The van der Waals surface area contributed by atoms with Crippen molar-refractivity contribution in [3.8, 4) is 0 Å².